The fourth-order valence-electron chi connectivity index (χ4n) is 4.16. The highest BCUT2D eigenvalue weighted by atomic mass is 32.2. The molecule has 6 heteroatoms. The maximum absolute atomic E-state index is 13.2. The van der Waals surface area contributed by atoms with Crippen LogP contribution in [0.15, 0.2) is 71.3 Å². The molecule has 5 nitrogen and oxygen atoms in total. The van der Waals surface area contributed by atoms with E-state index in [1.165, 1.54) is 5.56 Å². The largest absolute Gasteiger partial charge is 0.467 e. The summed E-state index contributed by atoms with van der Waals surface area (Å²) in [5.41, 5.74) is 3.93. The first kappa shape index (κ1) is 19.0. The monoisotopic (exact) mass is 418 g/mol. The van der Waals surface area contributed by atoms with Gasteiger partial charge in [0.1, 0.15) is 11.1 Å². The summed E-state index contributed by atoms with van der Waals surface area (Å²) in [5, 5.41) is -0.0672. The van der Waals surface area contributed by atoms with E-state index in [0.29, 0.717) is 17.9 Å². The van der Waals surface area contributed by atoms with Gasteiger partial charge in [0, 0.05) is 17.8 Å². The molecule has 1 saturated heterocycles. The fraction of sp³-hybridized carbons (Fsp3) is 0.250. The number of aryl methyl sites for hydroxylation is 1. The first-order valence-corrected chi connectivity index (χ1v) is 11.2. The highest BCUT2D eigenvalue weighted by Gasteiger charge is 2.33. The molecule has 0 saturated carbocycles. The maximum atomic E-state index is 13.2. The minimum absolute atomic E-state index is 0.0243. The number of hydrogen-bond donors (Lipinski definition) is 0. The number of para-hydroxylation sites is 1. The van der Waals surface area contributed by atoms with Gasteiger partial charge in [0.05, 0.1) is 18.6 Å². The van der Waals surface area contributed by atoms with Crippen LogP contribution in [0.3, 0.4) is 0 Å². The van der Waals surface area contributed by atoms with Crippen molar-refractivity contribution in [2.45, 2.75) is 24.8 Å². The SMILES string of the molecule is O=C(c1ccc(C2SCC(=O)N2Cc2ccco2)cc1)N1CCCc2ccccc21. The van der Waals surface area contributed by atoms with Crippen molar-refractivity contribution in [2.24, 2.45) is 0 Å². The molecule has 2 amide bonds. The maximum Gasteiger partial charge on any atom is 0.258 e. The lowest BCUT2D eigenvalue weighted by molar-refractivity contribution is -0.128. The molecule has 2 aliphatic rings. The lowest BCUT2D eigenvalue weighted by Gasteiger charge is -2.29. The van der Waals surface area contributed by atoms with Crippen LogP contribution in [0, 0.1) is 0 Å². The number of benzene rings is 2. The van der Waals surface area contributed by atoms with Gasteiger partial charge in [0.15, 0.2) is 0 Å². The number of amides is 2. The third-order valence-corrected chi connectivity index (χ3v) is 6.93. The summed E-state index contributed by atoms with van der Waals surface area (Å²) in [7, 11) is 0. The molecule has 2 aromatic carbocycles. The summed E-state index contributed by atoms with van der Waals surface area (Å²) >= 11 is 1.61. The van der Waals surface area contributed by atoms with Crippen molar-refractivity contribution in [3.63, 3.8) is 0 Å². The van der Waals surface area contributed by atoms with Crippen LogP contribution in [0.1, 0.15) is 39.0 Å². The van der Waals surface area contributed by atoms with E-state index in [9.17, 15) is 9.59 Å². The molecule has 30 heavy (non-hydrogen) atoms. The van der Waals surface area contributed by atoms with Gasteiger partial charge in [-0.05, 0) is 54.3 Å². The third kappa shape index (κ3) is 3.52. The first-order valence-electron chi connectivity index (χ1n) is 10.1. The predicted octanol–water partition coefficient (Wildman–Crippen LogP) is 4.65. The van der Waals surface area contributed by atoms with Gasteiger partial charge < -0.3 is 14.2 Å². The van der Waals surface area contributed by atoms with Gasteiger partial charge in [-0.3, -0.25) is 9.59 Å². The van der Waals surface area contributed by atoms with E-state index >= 15 is 0 Å². The third-order valence-electron chi connectivity index (χ3n) is 5.67. The molecule has 0 spiro atoms. The highest BCUT2D eigenvalue weighted by molar-refractivity contribution is 8.00. The summed E-state index contributed by atoms with van der Waals surface area (Å²) in [6.07, 6.45) is 3.61. The minimum Gasteiger partial charge on any atom is -0.467 e. The lowest BCUT2D eigenvalue weighted by Crippen LogP contribution is -2.35. The molecule has 0 N–H and O–H groups in total. The number of hydrogen-bond acceptors (Lipinski definition) is 4. The molecule has 0 bridgehead atoms. The number of fused-ring (bicyclic) bond motifs is 1. The lowest BCUT2D eigenvalue weighted by atomic mass is 10.0. The molecule has 152 valence electrons. The van der Waals surface area contributed by atoms with Crippen LogP contribution in [-0.4, -0.2) is 29.0 Å². The zero-order valence-electron chi connectivity index (χ0n) is 16.5. The summed E-state index contributed by atoms with van der Waals surface area (Å²) in [6, 6.07) is 19.5. The Labute approximate surface area is 179 Å². The Morgan fingerprint density at radius 1 is 1.07 bits per heavy atom. The Morgan fingerprint density at radius 2 is 1.90 bits per heavy atom. The molecular formula is C24H22N2O3S. The second kappa shape index (κ2) is 8.03. The van der Waals surface area contributed by atoms with Gasteiger partial charge >= 0.3 is 0 Å². The quantitative estimate of drug-likeness (QED) is 0.619. The van der Waals surface area contributed by atoms with E-state index in [2.05, 4.69) is 6.07 Å². The number of anilines is 1. The van der Waals surface area contributed by atoms with E-state index in [-0.39, 0.29) is 17.2 Å². The van der Waals surface area contributed by atoms with Crippen molar-refractivity contribution in [2.75, 3.05) is 17.2 Å². The Balaban J connectivity index is 1.36. The van der Waals surface area contributed by atoms with Crippen LogP contribution >= 0.6 is 11.8 Å². The van der Waals surface area contributed by atoms with Gasteiger partial charge in [0.2, 0.25) is 5.91 Å². The van der Waals surface area contributed by atoms with Crippen LogP contribution in [-0.2, 0) is 17.8 Å². The predicted molar refractivity (Wildman–Crippen MR) is 117 cm³/mol. The molecule has 3 heterocycles. The molecule has 3 aromatic rings. The zero-order valence-corrected chi connectivity index (χ0v) is 17.3. The molecule has 1 aromatic heterocycles. The van der Waals surface area contributed by atoms with Crippen LogP contribution in [0.5, 0.6) is 0 Å². The number of nitrogens with zero attached hydrogens (tertiary/aromatic N) is 2. The molecular weight excluding hydrogens is 396 g/mol. The summed E-state index contributed by atoms with van der Waals surface area (Å²) < 4.78 is 5.42. The number of carbonyl (C=O) groups is 2. The summed E-state index contributed by atoms with van der Waals surface area (Å²) in [5.74, 6) is 1.35. The molecule has 5 rings (SSSR count). The summed E-state index contributed by atoms with van der Waals surface area (Å²) in [4.78, 5) is 29.3. The Kier molecular flexibility index (Phi) is 5.09. The van der Waals surface area contributed by atoms with E-state index in [0.717, 1.165) is 36.4 Å². The normalized spacial score (nSPS) is 18.5. The minimum atomic E-state index is -0.0672. The van der Waals surface area contributed by atoms with E-state index < -0.39 is 0 Å². The van der Waals surface area contributed by atoms with E-state index in [4.69, 9.17) is 4.42 Å². The second-order valence-electron chi connectivity index (χ2n) is 7.58. The standard InChI is InChI=1S/C24H22N2O3S/c27-22-16-30-24(26(22)15-20-7-4-14-29-20)19-11-9-18(10-12-19)23(28)25-13-3-6-17-5-1-2-8-21(17)25/h1-2,4-5,7-12,14,24H,3,6,13,15-16H2. The van der Waals surface area contributed by atoms with E-state index in [1.54, 1.807) is 18.0 Å². The zero-order chi connectivity index (χ0) is 20.5. The van der Waals surface area contributed by atoms with Crippen molar-refractivity contribution in [1.29, 1.82) is 0 Å². The Morgan fingerprint density at radius 3 is 2.70 bits per heavy atom. The first-order chi connectivity index (χ1) is 14.7. The van der Waals surface area contributed by atoms with Crippen molar-refractivity contribution in [3.8, 4) is 0 Å². The Bertz CT molecular complexity index is 1060. The number of rotatable bonds is 4. The second-order valence-corrected chi connectivity index (χ2v) is 8.64. The van der Waals surface area contributed by atoms with Gasteiger partial charge in [-0.15, -0.1) is 11.8 Å². The van der Waals surface area contributed by atoms with Crippen molar-refractivity contribution < 1.29 is 14.0 Å². The van der Waals surface area contributed by atoms with Crippen LogP contribution in [0.25, 0.3) is 0 Å². The van der Waals surface area contributed by atoms with Crippen LogP contribution in [0.2, 0.25) is 0 Å². The smallest absolute Gasteiger partial charge is 0.258 e. The molecule has 1 atom stereocenters. The number of thioether (sulfide) groups is 1. The van der Waals surface area contributed by atoms with Crippen molar-refractivity contribution in [1.82, 2.24) is 4.90 Å². The Hall–Kier alpha value is -2.99. The molecule has 1 unspecified atom stereocenters. The van der Waals surface area contributed by atoms with Gasteiger partial charge in [-0.25, -0.2) is 0 Å². The number of carbonyl (C=O) groups excluding carboxylic acids is 2. The van der Waals surface area contributed by atoms with Crippen molar-refractivity contribution in [3.05, 3.63) is 89.4 Å². The fourth-order valence-corrected chi connectivity index (χ4v) is 5.35. The van der Waals surface area contributed by atoms with Gasteiger partial charge in [0.25, 0.3) is 5.91 Å². The van der Waals surface area contributed by atoms with E-state index in [1.807, 2.05) is 64.4 Å². The van der Waals surface area contributed by atoms with Crippen molar-refractivity contribution >= 4 is 29.3 Å². The average molecular weight is 419 g/mol. The number of furan rings is 1. The van der Waals surface area contributed by atoms with Gasteiger partial charge in [-0.1, -0.05) is 30.3 Å². The average Bonchev–Trinajstić information content (AvgIpc) is 3.43. The molecule has 0 radical (unpaired) electrons. The van der Waals surface area contributed by atoms with Gasteiger partial charge in [-0.2, -0.15) is 0 Å². The van der Waals surface area contributed by atoms with Crippen LogP contribution in [0.4, 0.5) is 5.69 Å². The topological polar surface area (TPSA) is 53.8 Å². The molecule has 2 aliphatic heterocycles. The summed E-state index contributed by atoms with van der Waals surface area (Å²) in [6.45, 7) is 1.19. The molecule has 1 fully saturated rings. The highest BCUT2D eigenvalue weighted by Crippen LogP contribution is 2.39. The van der Waals surface area contributed by atoms with Crippen LogP contribution < -0.4 is 4.90 Å². The molecule has 0 aliphatic carbocycles.